The molecule has 5 heteroatoms. The molecule has 0 fully saturated rings. The van der Waals surface area contributed by atoms with Gasteiger partial charge in [-0.1, -0.05) is 24.3 Å². The second-order valence-corrected chi connectivity index (χ2v) is 5.85. The van der Waals surface area contributed by atoms with Crippen LogP contribution in [0.2, 0.25) is 0 Å². The van der Waals surface area contributed by atoms with Gasteiger partial charge in [0.1, 0.15) is 11.6 Å². The molecule has 1 amide bonds. The van der Waals surface area contributed by atoms with E-state index in [2.05, 4.69) is 28.6 Å². The van der Waals surface area contributed by atoms with Gasteiger partial charge < -0.3 is 15.4 Å². The lowest BCUT2D eigenvalue weighted by atomic mass is 10.1. The topological polar surface area (TPSA) is 63.2 Å². The Labute approximate surface area is 139 Å². The molecule has 0 aliphatic carbocycles. The molecule has 24 heavy (non-hydrogen) atoms. The Kier molecular flexibility index (Phi) is 3.54. The molecule has 0 radical (unpaired) electrons. The van der Waals surface area contributed by atoms with Gasteiger partial charge in [0.15, 0.2) is 6.61 Å². The summed E-state index contributed by atoms with van der Waals surface area (Å²) in [6, 6.07) is 17.9. The predicted octanol–water partition coefficient (Wildman–Crippen LogP) is 3.74. The lowest BCUT2D eigenvalue weighted by Gasteiger charge is -2.21. The summed E-state index contributed by atoms with van der Waals surface area (Å²) < 4.78 is 5.39. The summed E-state index contributed by atoms with van der Waals surface area (Å²) in [4.78, 5) is 16.1. The third kappa shape index (κ3) is 2.76. The van der Waals surface area contributed by atoms with Crippen LogP contribution in [0.25, 0.3) is 10.9 Å². The molecule has 2 heterocycles. The van der Waals surface area contributed by atoms with Crippen LogP contribution in [0.3, 0.4) is 0 Å². The molecule has 1 aliphatic rings. The molecule has 2 N–H and O–H groups in total. The molecule has 1 aliphatic heterocycles. The summed E-state index contributed by atoms with van der Waals surface area (Å²) in [5.74, 6) is 1.39. The number of nitrogens with one attached hydrogen (secondary N) is 2. The van der Waals surface area contributed by atoms with E-state index in [9.17, 15) is 4.79 Å². The Hall–Kier alpha value is -3.08. The SMILES string of the molecule is C[C@@H](Nc1ccc2ccccc2n1)c1ccc2c(c1)NC(=O)CO2. The van der Waals surface area contributed by atoms with Crippen LogP contribution in [0.1, 0.15) is 18.5 Å². The van der Waals surface area contributed by atoms with Crippen LogP contribution >= 0.6 is 0 Å². The Morgan fingerprint density at radius 2 is 2.04 bits per heavy atom. The third-order valence-corrected chi connectivity index (χ3v) is 4.10. The molecular weight excluding hydrogens is 302 g/mol. The first-order valence-corrected chi connectivity index (χ1v) is 7.88. The van der Waals surface area contributed by atoms with Crippen molar-refractivity contribution in [1.29, 1.82) is 0 Å². The first-order valence-electron chi connectivity index (χ1n) is 7.88. The summed E-state index contributed by atoms with van der Waals surface area (Å²) in [6.45, 7) is 2.13. The van der Waals surface area contributed by atoms with Crippen LogP contribution in [0.15, 0.2) is 54.6 Å². The van der Waals surface area contributed by atoms with Crippen molar-refractivity contribution in [3.63, 3.8) is 0 Å². The van der Waals surface area contributed by atoms with Crippen LogP contribution in [0.5, 0.6) is 5.75 Å². The minimum Gasteiger partial charge on any atom is -0.482 e. The second kappa shape index (κ2) is 5.85. The standard InChI is InChI=1S/C19H17N3O2/c1-12(14-6-8-17-16(10-14)22-19(23)11-24-17)20-18-9-7-13-4-2-3-5-15(13)21-18/h2-10,12H,11H2,1H3,(H,20,21)(H,22,23)/t12-/m1/s1. The van der Waals surface area contributed by atoms with Gasteiger partial charge in [0.2, 0.25) is 0 Å². The van der Waals surface area contributed by atoms with Gasteiger partial charge in [0.25, 0.3) is 5.91 Å². The highest BCUT2D eigenvalue weighted by Crippen LogP contribution is 2.31. The zero-order valence-corrected chi connectivity index (χ0v) is 13.2. The molecule has 0 unspecified atom stereocenters. The fourth-order valence-electron chi connectivity index (χ4n) is 2.82. The van der Waals surface area contributed by atoms with Gasteiger partial charge in [-0.15, -0.1) is 0 Å². The van der Waals surface area contributed by atoms with E-state index in [0.29, 0.717) is 11.4 Å². The zero-order chi connectivity index (χ0) is 16.5. The third-order valence-electron chi connectivity index (χ3n) is 4.10. The Bertz CT molecular complexity index is 923. The predicted molar refractivity (Wildman–Crippen MR) is 94.3 cm³/mol. The highest BCUT2D eigenvalue weighted by atomic mass is 16.5. The van der Waals surface area contributed by atoms with E-state index in [1.54, 1.807) is 0 Å². The average Bonchev–Trinajstić information content (AvgIpc) is 2.61. The largest absolute Gasteiger partial charge is 0.482 e. The van der Waals surface area contributed by atoms with Crippen molar-refractivity contribution >= 4 is 28.3 Å². The highest BCUT2D eigenvalue weighted by Gasteiger charge is 2.17. The number of amides is 1. The Morgan fingerprint density at radius 1 is 1.17 bits per heavy atom. The summed E-state index contributed by atoms with van der Waals surface area (Å²) in [5, 5.41) is 7.35. The second-order valence-electron chi connectivity index (χ2n) is 5.85. The number of anilines is 2. The van der Waals surface area contributed by atoms with Gasteiger partial charge >= 0.3 is 0 Å². The summed E-state index contributed by atoms with van der Waals surface area (Å²) in [6.07, 6.45) is 0. The average molecular weight is 319 g/mol. The number of benzene rings is 2. The number of fused-ring (bicyclic) bond motifs is 2. The zero-order valence-electron chi connectivity index (χ0n) is 13.2. The summed E-state index contributed by atoms with van der Waals surface area (Å²) in [7, 11) is 0. The molecule has 1 atom stereocenters. The number of para-hydroxylation sites is 1. The number of carbonyl (C=O) groups excluding carboxylic acids is 1. The van der Waals surface area contributed by atoms with Crippen molar-refractivity contribution in [3.8, 4) is 5.75 Å². The maximum atomic E-state index is 11.5. The van der Waals surface area contributed by atoms with Gasteiger partial charge in [-0.2, -0.15) is 0 Å². The van der Waals surface area contributed by atoms with E-state index < -0.39 is 0 Å². The van der Waals surface area contributed by atoms with Crippen molar-refractivity contribution in [2.75, 3.05) is 17.2 Å². The Morgan fingerprint density at radius 3 is 2.96 bits per heavy atom. The molecule has 0 bridgehead atoms. The van der Waals surface area contributed by atoms with Crippen LogP contribution in [-0.2, 0) is 4.79 Å². The fourth-order valence-corrected chi connectivity index (χ4v) is 2.82. The first kappa shape index (κ1) is 14.5. The van der Waals surface area contributed by atoms with Crippen LogP contribution < -0.4 is 15.4 Å². The van der Waals surface area contributed by atoms with E-state index in [1.807, 2.05) is 48.5 Å². The molecule has 0 saturated heterocycles. The van der Waals surface area contributed by atoms with Gasteiger partial charge in [-0.3, -0.25) is 4.79 Å². The number of aromatic nitrogens is 1. The maximum absolute atomic E-state index is 11.5. The molecule has 120 valence electrons. The van der Waals surface area contributed by atoms with E-state index in [1.165, 1.54) is 0 Å². The fraction of sp³-hybridized carbons (Fsp3) is 0.158. The lowest BCUT2D eigenvalue weighted by molar-refractivity contribution is -0.118. The Balaban J connectivity index is 1.58. The van der Waals surface area contributed by atoms with Gasteiger partial charge in [-0.25, -0.2) is 4.98 Å². The highest BCUT2D eigenvalue weighted by molar-refractivity contribution is 5.95. The monoisotopic (exact) mass is 319 g/mol. The molecule has 2 aromatic carbocycles. The molecule has 0 spiro atoms. The van der Waals surface area contributed by atoms with Crippen molar-refractivity contribution in [2.24, 2.45) is 0 Å². The minimum atomic E-state index is -0.128. The number of rotatable bonds is 3. The molecule has 4 rings (SSSR count). The summed E-state index contributed by atoms with van der Waals surface area (Å²) in [5.41, 5.74) is 2.72. The smallest absolute Gasteiger partial charge is 0.262 e. The van der Waals surface area contributed by atoms with Gasteiger partial charge in [0, 0.05) is 5.39 Å². The number of hydrogen-bond donors (Lipinski definition) is 2. The maximum Gasteiger partial charge on any atom is 0.262 e. The van der Waals surface area contributed by atoms with Crippen LogP contribution in [-0.4, -0.2) is 17.5 Å². The number of carbonyl (C=O) groups is 1. The number of ether oxygens (including phenoxy) is 1. The van der Waals surface area contributed by atoms with Gasteiger partial charge in [0.05, 0.1) is 17.2 Å². The van der Waals surface area contributed by atoms with E-state index in [-0.39, 0.29) is 18.6 Å². The molecular formula is C19H17N3O2. The number of pyridine rings is 1. The molecule has 3 aromatic rings. The minimum absolute atomic E-state index is 0.0443. The normalized spacial score (nSPS) is 14.5. The van der Waals surface area contributed by atoms with Crippen LogP contribution in [0, 0.1) is 0 Å². The number of hydrogen-bond acceptors (Lipinski definition) is 4. The van der Waals surface area contributed by atoms with E-state index >= 15 is 0 Å². The van der Waals surface area contributed by atoms with Crippen LogP contribution in [0.4, 0.5) is 11.5 Å². The van der Waals surface area contributed by atoms with E-state index in [4.69, 9.17) is 4.74 Å². The molecule has 0 saturated carbocycles. The quantitative estimate of drug-likeness (QED) is 0.772. The molecule has 5 nitrogen and oxygen atoms in total. The van der Waals surface area contributed by atoms with Gasteiger partial charge in [-0.05, 0) is 42.8 Å². The van der Waals surface area contributed by atoms with Crippen molar-refractivity contribution < 1.29 is 9.53 Å². The molecule has 1 aromatic heterocycles. The summed E-state index contributed by atoms with van der Waals surface area (Å²) >= 11 is 0. The van der Waals surface area contributed by atoms with E-state index in [0.717, 1.165) is 22.3 Å². The number of nitrogens with zero attached hydrogens (tertiary/aromatic N) is 1. The van der Waals surface area contributed by atoms with Crippen molar-refractivity contribution in [2.45, 2.75) is 13.0 Å². The lowest BCUT2D eigenvalue weighted by Crippen LogP contribution is -2.25. The van der Waals surface area contributed by atoms with Crippen molar-refractivity contribution in [3.05, 3.63) is 60.2 Å². The first-order chi connectivity index (χ1) is 11.7. The van der Waals surface area contributed by atoms with Crippen molar-refractivity contribution in [1.82, 2.24) is 4.98 Å².